The molecule has 1 heterocycles. The molecule has 19 heavy (non-hydrogen) atoms. The Morgan fingerprint density at radius 2 is 1.89 bits per heavy atom. The highest BCUT2D eigenvalue weighted by atomic mass is 16.2. The zero-order valence-corrected chi connectivity index (χ0v) is 11.0. The average molecular weight is 256 g/mol. The summed E-state index contributed by atoms with van der Waals surface area (Å²) in [6.45, 7) is 2.53. The molecule has 0 saturated carbocycles. The number of rotatable bonds is 3. The van der Waals surface area contributed by atoms with Crippen molar-refractivity contribution in [2.45, 2.75) is 13.5 Å². The molecule has 0 saturated heterocycles. The number of amides is 1. The fourth-order valence-electron chi connectivity index (χ4n) is 1.89. The summed E-state index contributed by atoms with van der Waals surface area (Å²) in [4.78, 5) is 27.5. The largest absolute Gasteiger partial charge is 0.336 e. The third kappa shape index (κ3) is 3.10. The summed E-state index contributed by atoms with van der Waals surface area (Å²) in [7, 11) is 1.72. The van der Waals surface area contributed by atoms with Crippen molar-refractivity contribution in [2.75, 3.05) is 7.05 Å². The molecular formula is C15H16N2O2. The zero-order valence-electron chi connectivity index (χ0n) is 11.0. The molecule has 0 aliphatic rings. The van der Waals surface area contributed by atoms with Gasteiger partial charge in [-0.15, -0.1) is 0 Å². The number of nitrogens with zero attached hydrogens (tertiary/aromatic N) is 1. The molecule has 1 aromatic heterocycles. The number of carbonyl (C=O) groups is 1. The molecule has 4 nitrogen and oxygen atoms in total. The van der Waals surface area contributed by atoms with Crippen LogP contribution in [0.15, 0.2) is 47.3 Å². The van der Waals surface area contributed by atoms with E-state index >= 15 is 0 Å². The van der Waals surface area contributed by atoms with Gasteiger partial charge in [0.25, 0.3) is 5.91 Å². The normalized spacial score (nSPS) is 10.2. The molecular weight excluding hydrogens is 240 g/mol. The molecule has 2 rings (SSSR count). The van der Waals surface area contributed by atoms with Gasteiger partial charge in [0.1, 0.15) is 5.69 Å². The van der Waals surface area contributed by atoms with Crippen molar-refractivity contribution < 1.29 is 4.79 Å². The number of hydrogen-bond donors (Lipinski definition) is 1. The number of pyridine rings is 1. The van der Waals surface area contributed by atoms with Crippen molar-refractivity contribution in [3.05, 3.63) is 69.6 Å². The fourth-order valence-corrected chi connectivity index (χ4v) is 1.89. The molecule has 0 aliphatic carbocycles. The maximum Gasteiger partial charge on any atom is 0.270 e. The summed E-state index contributed by atoms with van der Waals surface area (Å²) in [5.74, 6) is -0.194. The summed E-state index contributed by atoms with van der Waals surface area (Å²) in [6.07, 6.45) is 0. The van der Waals surface area contributed by atoms with Crippen molar-refractivity contribution in [1.29, 1.82) is 0 Å². The summed E-state index contributed by atoms with van der Waals surface area (Å²) >= 11 is 0. The minimum absolute atomic E-state index is 0.194. The van der Waals surface area contributed by atoms with Crippen LogP contribution >= 0.6 is 0 Å². The van der Waals surface area contributed by atoms with Gasteiger partial charge in [-0.3, -0.25) is 9.59 Å². The van der Waals surface area contributed by atoms with Gasteiger partial charge >= 0.3 is 0 Å². The van der Waals surface area contributed by atoms with Gasteiger partial charge < -0.3 is 9.88 Å². The van der Waals surface area contributed by atoms with Gasteiger partial charge in [-0.2, -0.15) is 0 Å². The van der Waals surface area contributed by atoms with Gasteiger partial charge in [0.05, 0.1) is 0 Å². The van der Waals surface area contributed by atoms with Crippen molar-refractivity contribution >= 4 is 5.91 Å². The number of benzene rings is 1. The lowest BCUT2D eigenvalue weighted by Crippen LogP contribution is -2.28. The van der Waals surface area contributed by atoms with E-state index in [0.717, 1.165) is 11.1 Å². The Morgan fingerprint density at radius 1 is 1.16 bits per heavy atom. The van der Waals surface area contributed by atoms with Gasteiger partial charge in [0.2, 0.25) is 5.56 Å². The third-order valence-electron chi connectivity index (χ3n) is 3.01. The van der Waals surface area contributed by atoms with E-state index in [4.69, 9.17) is 0 Å². The predicted molar refractivity (Wildman–Crippen MR) is 74.0 cm³/mol. The average Bonchev–Trinajstić information content (AvgIpc) is 2.40. The van der Waals surface area contributed by atoms with Crippen LogP contribution in [0.1, 0.15) is 21.6 Å². The highest BCUT2D eigenvalue weighted by molar-refractivity contribution is 5.92. The molecule has 0 fully saturated rings. The number of nitrogens with one attached hydrogen (secondary N) is 1. The van der Waals surface area contributed by atoms with Gasteiger partial charge in [0, 0.05) is 19.7 Å². The molecule has 0 aliphatic heterocycles. The lowest BCUT2D eigenvalue weighted by Gasteiger charge is -2.18. The lowest BCUT2D eigenvalue weighted by atomic mass is 10.1. The van der Waals surface area contributed by atoms with Gasteiger partial charge in [0.15, 0.2) is 0 Å². The second-order valence-corrected chi connectivity index (χ2v) is 4.52. The Kier molecular flexibility index (Phi) is 3.80. The number of hydrogen-bond acceptors (Lipinski definition) is 2. The Labute approximate surface area is 111 Å². The second-order valence-electron chi connectivity index (χ2n) is 4.52. The topological polar surface area (TPSA) is 53.2 Å². The Hall–Kier alpha value is -2.36. The predicted octanol–water partition coefficient (Wildman–Crippen LogP) is 1.96. The van der Waals surface area contributed by atoms with Crippen LogP contribution in [-0.4, -0.2) is 22.8 Å². The Balaban J connectivity index is 2.16. The van der Waals surface area contributed by atoms with Crippen molar-refractivity contribution in [3.8, 4) is 0 Å². The minimum atomic E-state index is -0.268. The van der Waals surface area contributed by atoms with Gasteiger partial charge in [-0.05, 0) is 24.1 Å². The molecule has 1 aromatic carbocycles. The summed E-state index contributed by atoms with van der Waals surface area (Å²) in [5.41, 5.74) is 2.28. The highest BCUT2D eigenvalue weighted by Crippen LogP contribution is 2.10. The Morgan fingerprint density at radius 3 is 2.58 bits per heavy atom. The number of aryl methyl sites for hydroxylation is 1. The first-order valence-corrected chi connectivity index (χ1v) is 6.07. The number of aromatic amines is 1. The van der Waals surface area contributed by atoms with Crippen molar-refractivity contribution in [1.82, 2.24) is 9.88 Å². The molecule has 0 spiro atoms. The molecule has 4 heteroatoms. The first-order valence-electron chi connectivity index (χ1n) is 6.07. The van der Waals surface area contributed by atoms with E-state index in [1.165, 1.54) is 6.07 Å². The molecule has 98 valence electrons. The van der Waals surface area contributed by atoms with Gasteiger partial charge in [-0.1, -0.05) is 30.3 Å². The van der Waals surface area contributed by atoms with Crippen LogP contribution in [0.3, 0.4) is 0 Å². The summed E-state index contributed by atoms with van der Waals surface area (Å²) in [6, 6.07) is 12.5. The van der Waals surface area contributed by atoms with Crippen LogP contribution in [0.4, 0.5) is 0 Å². The number of H-pyrrole nitrogens is 1. The SMILES string of the molecule is Cc1ccccc1CN(C)C(=O)c1cccc(=O)[nH]1. The molecule has 0 bridgehead atoms. The minimum Gasteiger partial charge on any atom is -0.336 e. The fraction of sp³-hybridized carbons (Fsp3) is 0.200. The molecule has 1 N–H and O–H groups in total. The quantitative estimate of drug-likeness (QED) is 0.912. The van der Waals surface area contributed by atoms with E-state index in [1.54, 1.807) is 24.1 Å². The first-order chi connectivity index (χ1) is 9.08. The second kappa shape index (κ2) is 5.52. The highest BCUT2D eigenvalue weighted by Gasteiger charge is 2.13. The third-order valence-corrected chi connectivity index (χ3v) is 3.01. The van der Waals surface area contributed by atoms with E-state index in [2.05, 4.69) is 4.98 Å². The van der Waals surface area contributed by atoms with Crippen LogP contribution < -0.4 is 5.56 Å². The maximum absolute atomic E-state index is 12.2. The lowest BCUT2D eigenvalue weighted by molar-refractivity contribution is 0.0779. The molecule has 1 amide bonds. The zero-order chi connectivity index (χ0) is 13.8. The van der Waals surface area contributed by atoms with Crippen LogP contribution in [-0.2, 0) is 6.54 Å². The monoisotopic (exact) mass is 256 g/mol. The van der Waals surface area contributed by atoms with Crippen LogP contribution in [0.25, 0.3) is 0 Å². The maximum atomic E-state index is 12.2. The standard InChI is InChI=1S/C15H16N2O2/c1-11-6-3-4-7-12(11)10-17(2)15(19)13-8-5-9-14(18)16-13/h3-9H,10H2,1-2H3,(H,16,18). The van der Waals surface area contributed by atoms with E-state index in [-0.39, 0.29) is 11.5 Å². The van der Waals surface area contributed by atoms with Crippen molar-refractivity contribution in [2.24, 2.45) is 0 Å². The number of aromatic nitrogens is 1. The molecule has 0 unspecified atom stereocenters. The van der Waals surface area contributed by atoms with Gasteiger partial charge in [-0.25, -0.2) is 0 Å². The molecule has 2 aromatic rings. The van der Waals surface area contributed by atoms with E-state index < -0.39 is 0 Å². The summed E-state index contributed by atoms with van der Waals surface area (Å²) < 4.78 is 0. The van der Waals surface area contributed by atoms with E-state index in [9.17, 15) is 9.59 Å². The summed E-state index contributed by atoms with van der Waals surface area (Å²) in [5, 5.41) is 0. The van der Waals surface area contributed by atoms with E-state index in [0.29, 0.717) is 12.2 Å². The van der Waals surface area contributed by atoms with E-state index in [1.807, 2.05) is 31.2 Å². The Bertz CT molecular complexity index is 646. The van der Waals surface area contributed by atoms with Crippen LogP contribution in [0, 0.1) is 6.92 Å². The smallest absolute Gasteiger partial charge is 0.270 e. The first kappa shape index (κ1) is 13.1. The molecule has 0 radical (unpaired) electrons. The molecule has 0 atom stereocenters. The van der Waals surface area contributed by atoms with Crippen LogP contribution in [0.5, 0.6) is 0 Å². The van der Waals surface area contributed by atoms with Crippen molar-refractivity contribution in [3.63, 3.8) is 0 Å². The van der Waals surface area contributed by atoms with Crippen LogP contribution in [0.2, 0.25) is 0 Å². The number of carbonyl (C=O) groups excluding carboxylic acids is 1.